The zero-order valence-electron chi connectivity index (χ0n) is 15.4. The van der Waals surface area contributed by atoms with Gasteiger partial charge in [-0.2, -0.15) is 0 Å². The van der Waals surface area contributed by atoms with E-state index in [1.54, 1.807) is 7.11 Å². The molecule has 0 unspecified atom stereocenters. The number of likely N-dealkylation sites (tertiary alicyclic amines) is 1. The van der Waals surface area contributed by atoms with Gasteiger partial charge in [-0.3, -0.25) is 9.69 Å². The SMILES string of the molecule is COC1CN(Cc2cc(-c3ccccc3)c(=O)n3c2-c2ccccc2C3)C1. The van der Waals surface area contributed by atoms with Gasteiger partial charge >= 0.3 is 0 Å². The number of hydrogen-bond donors (Lipinski definition) is 0. The van der Waals surface area contributed by atoms with Crippen molar-refractivity contribution in [2.75, 3.05) is 20.2 Å². The lowest BCUT2D eigenvalue weighted by Crippen LogP contribution is -2.51. The molecule has 0 spiro atoms. The summed E-state index contributed by atoms with van der Waals surface area (Å²) in [7, 11) is 1.77. The Balaban J connectivity index is 1.64. The van der Waals surface area contributed by atoms with Crippen LogP contribution in [0.2, 0.25) is 0 Å². The molecule has 3 aromatic rings. The van der Waals surface area contributed by atoms with Crippen molar-refractivity contribution in [1.29, 1.82) is 0 Å². The Morgan fingerprint density at radius 3 is 2.52 bits per heavy atom. The second-order valence-corrected chi connectivity index (χ2v) is 7.40. The molecule has 0 aliphatic carbocycles. The highest BCUT2D eigenvalue weighted by molar-refractivity contribution is 5.75. The van der Waals surface area contributed by atoms with Crippen LogP contribution in [0.15, 0.2) is 65.5 Å². The molecular weight excluding hydrogens is 336 g/mol. The number of ether oxygens (including phenoxy) is 1. The van der Waals surface area contributed by atoms with Crippen molar-refractivity contribution in [3.05, 3.63) is 82.1 Å². The summed E-state index contributed by atoms with van der Waals surface area (Å²) in [5.74, 6) is 0. The minimum atomic E-state index is 0.0922. The summed E-state index contributed by atoms with van der Waals surface area (Å²) in [6.45, 7) is 3.37. The van der Waals surface area contributed by atoms with Gasteiger partial charge in [0, 0.05) is 37.9 Å². The molecule has 2 aliphatic rings. The maximum absolute atomic E-state index is 13.3. The molecule has 0 atom stereocenters. The van der Waals surface area contributed by atoms with Crippen LogP contribution in [0.25, 0.3) is 22.4 Å². The minimum absolute atomic E-state index is 0.0922. The van der Waals surface area contributed by atoms with Crippen LogP contribution >= 0.6 is 0 Å². The predicted molar refractivity (Wildman–Crippen MR) is 107 cm³/mol. The van der Waals surface area contributed by atoms with Gasteiger partial charge in [0.25, 0.3) is 5.56 Å². The van der Waals surface area contributed by atoms with Gasteiger partial charge in [0.05, 0.1) is 18.3 Å². The number of pyridine rings is 1. The Morgan fingerprint density at radius 2 is 1.74 bits per heavy atom. The number of nitrogens with zero attached hydrogens (tertiary/aromatic N) is 2. The van der Waals surface area contributed by atoms with E-state index in [9.17, 15) is 4.79 Å². The van der Waals surface area contributed by atoms with Crippen LogP contribution in [0, 0.1) is 0 Å². The number of hydrogen-bond acceptors (Lipinski definition) is 3. The summed E-state index contributed by atoms with van der Waals surface area (Å²) in [6.07, 6.45) is 0.324. The lowest BCUT2D eigenvalue weighted by atomic mass is 9.99. The van der Waals surface area contributed by atoms with Crippen LogP contribution in [0.4, 0.5) is 0 Å². The first kappa shape index (κ1) is 16.5. The van der Waals surface area contributed by atoms with Gasteiger partial charge in [-0.1, -0.05) is 54.6 Å². The molecule has 0 bridgehead atoms. The third-order valence-electron chi connectivity index (χ3n) is 5.70. The van der Waals surface area contributed by atoms with E-state index in [4.69, 9.17) is 4.74 Å². The van der Waals surface area contributed by atoms with Crippen molar-refractivity contribution in [1.82, 2.24) is 9.47 Å². The molecule has 1 aromatic heterocycles. The van der Waals surface area contributed by atoms with Gasteiger partial charge in [-0.25, -0.2) is 0 Å². The van der Waals surface area contributed by atoms with E-state index in [1.807, 2.05) is 41.0 Å². The molecule has 0 radical (unpaired) electrons. The Morgan fingerprint density at radius 1 is 1.00 bits per heavy atom. The Hall–Kier alpha value is -2.69. The third-order valence-corrected chi connectivity index (χ3v) is 5.70. The molecule has 2 aromatic carbocycles. The molecule has 0 saturated carbocycles. The Labute approximate surface area is 158 Å². The second kappa shape index (κ2) is 6.48. The number of methoxy groups -OCH3 is 1. The second-order valence-electron chi connectivity index (χ2n) is 7.40. The lowest BCUT2D eigenvalue weighted by Gasteiger charge is -2.38. The fourth-order valence-corrected chi connectivity index (χ4v) is 4.24. The fourth-order valence-electron chi connectivity index (χ4n) is 4.24. The van der Waals surface area contributed by atoms with E-state index in [1.165, 1.54) is 16.7 Å². The third kappa shape index (κ3) is 2.73. The van der Waals surface area contributed by atoms with Crippen LogP contribution in [-0.4, -0.2) is 35.8 Å². The first-order valence-corrected chi connectivity index (χ1v) is 9.40. The molecule has 4 heteroatoms. The number of fused-ring (bicyclic) bond motifs is 3. The predicted octanol–water partition coefficient (Wildman–Crippen LogP) is 3.37. The molecule has 1 fully saturated rings. The summed E-state index contributed by atoms with van der Waals surface area (Å²) in [4.78, 5) is 15.7. The first-order chi connectivity index (χ1) is 13.2. The molecule has 4 nitrogen and oxygen atoms in total. The zero-order valence-corrected chi connectivity index (χ0v) is 15.4. The average molecular weight is 358 g/mol. The monoisotopic (exact) mass is 358 g/mol. The molecule has 5 rings (SSSR count). The van der Waals surface area contributed by atoms with Crippen molar-refractivity contribution in [3.8, 4) is 22.4 Å². The standard InChI is InChI=1S/C23H22N2O2/c1-27-19-14-24(15-19)12-18-11-21(16-7-3-2-4-8-16)23(26)25-13-17-9-5-6-10-20(17)22(18)25/h2-11,19H,12-15H2,1H3. The van der Waals surface area contributed by atoms with E-state index in [2.05, 4.69) is 29.2 Å². The van der Waals surface area contributed by atoms with Crippen LogP contribution in [0.5, 0.6) is 0 Å². The first-order valence-electron chi connectivity index (χ1n) is 9.40. The van der Waals surface area contributed by atoms with Gasteiger partial charge in [-0.15, -0.1) is 0 Å². The van der Waals surface area contributed by atoms with Crippen molar-refractivity contribution in [3.63, 3.8) is 0 Å². The lowest BCUT2D eigenvalue weighted by molar-refractivity contribution is -0.0333. The van der Waals surface area contributed by atoms with Crippen molar-refractivity contribution in [2.45, 2.75) is 19.2 Å². The smallest absolute Gasteiger partial charge is 0.259 e. The van der Waals surface area contributed by atoms with Gasteiger partial charge < -0.3 is 9.30 Å². The van der Waals surface area contributed by atoms with E-state index < -0.39 is 0 Å². The highest BCUT2D eigenvalue weighted by Gasteiger charge is 2.30. The molecule has 0 N–H and O–H groups in total. The molecule has 0 amide bonds. The summed E-state index contributed by atoms with van der Waals surface area (Å²) >= 11 is 0. The highest BCUT2D eigenvalue weighted by atomic mass is 16.5. The average Bonchev–Trinajstić information content (AvgIpc) is 3.07. The molecule has 3 heterocycles. The maximum Gasteiger partial charge on any atom is 0.259 e. The minimum Gasteiger partial charge on any atom is -0.379 e. The van der Waals surface area contributed by atoms with Crippen molar-refractivity contribution >= 4 is 0 Å². The van der Waals surface area contributed by atoms with Gasteiger partial charge in [-0.05, 0) is 22.8 Å². The zero-order chi connectivity index (χ0) is 18.4. The number of rotatable bonds is 4. The normalized spacial score (nSPS) is 16.0. The quantitative estimate of drug-likeness (QED) is 0.561. The van der Waals surface area contributed by atoms with Crippen molar-refractivity contribution < 1.29 is 4.74 Å². The molecule has 27 heavy (non-hydrogen) atoms. The fraction of sp³-hybridized carbons (Fsp3) is 0.261. The highest BCUT2D eigenvalue weighted by Crippen LogP contribution is 2.35. The molecular formula is C23H22N2O2. The topological polar surface area (TPSA) is 34.5 Å². The Kier molecular flexibility index (Phi) is 3.96. The van der Waals surface area contributed by atoms with Gasteiger partial charge in [0.15, 0.2) is 0 Å². The van der Waals surface area contributed by atoms with Gasteiger partial charge in [0.2, 0.25) is 0 Å². The number of benzene rings is 2. The van der Waals surface area contributed by atoms with E-state index in [-0.39, 0.29) is 5.56 Å². The summed E-state index contributed by atoms with van der Waals surface area (Å²) in [6, 6.07) is 20.4. The largest absolute Gasteiger partial charge is 0.379 e. The summed E-state index contributed by atoms with van der Waals surface area (Å²) < 4.78 is 7.37. The summed E-state index contributed by atoms with van der Waals surface area (Å²) in [5, 5.41) is 0. The van der Waals surface area contributed by atoms with Crippen LogP contribution in [-0.2, 0) is 17.8 Å². The van der Waals surface area contributed by atoms with Crippen molar-refractivity contribution in [2.24, 2.45) is 0 Å². The molecule has 1 saturated heterocycles. The molecule has 136 valence electrons. The van der Waals surface area contributed by atoms with Gasteiger partial charge in [0.1, 0.15) is 0 Å². The maximum atomic E-state index is 13.3. The molecule has 2 aliphatic heterocycles. The van der Waals surface area contributed by atoms with Crippen LogP contribution in [0.1, 0.15) is 11.1 Å². The van der Waals surface area contributed by atoms with E-state index in [0.29, 0.717) is 12.6 Å². The van der Waals surface area contributed by atoms with E-state index >= 15 is 0 Å². The Bertz CT molecular complexity index is 1050. The number of aromatic nitrogens is 1. The van der Waals surface area contributed by atoms with Crippen LogP contribution in [0.3, 0.4) is 0 Å². The summed E-state index contributed by atoms with van der Waals surface area (Å²) in [5.41, 5.74) is 6.56. The van der Waals surface area contributed by atoms with E-state index in [0.717, 1.165) is 36.5 Å². The van der Waals surface area contributed by atoms with Crippen LogP contribution < -0.4 is 5.56 Å².